The molecule has 26 heavy (non-hydrogen) atoms. The van der Waals surface area contributed by atoms with E-state index in [4.69, 9.17) is 0 Å². The van der Waals surface area contributed by atoms with E-state index in [9.17, 15) is 4.79 Å². The molecule has 144 valence electrons. The second-order valence-corrected chi connectivity index (χ2v) is 6.75. The Labute approximate surface area is 159 Å². The topological polar surface area (TPSA) is 44.7 Å². The second kappa shape index (κ2) is 9.56. The highest BCUT2D eigenvalue weighted by molar-refractivity contribution is 6.05. The molecular weight excluding hydrogens is 322 g/mol. The van der Waals surface area contributed by atoms with Crippen molar-refractivity contribution in [1.29, 1.82) is 0 Å². The van der Waals surface area contributed by atoms with Crippen LogP contribution in [0.2, 0.25) is 0 Å². The molecule has 1 aliphatic heterocycles. The van der Waals surface area contributed by atoms with Gasteiger partial charge in [0.25, 0.3) is 5.91 Å². The number of hydrogen-bond donors (Lipinski definition) is 1. The molecule has 2 rings (SSSR count). The van der Waals surface area contributed by atoms with Gasteiger partial charge in [-0.05, 0) is 47.9 Å². The predicted octanol–water partition coefficient (Wildman–Crippen LogP) is 5.52. The van der Waals surface area contributed by atoms with Gasteiger partial charge in [0.1, 0.15) is 12.4 Å². The number of amidine groups is 1. The number of amides is 1. The van der Waals surface area contributed by atoms with Crippen molar-refractivity contribution in [1.82, 2.24) is 5.43 Å². The van der Waals surface area contributed by atoms with Crippen molar-refractivity contribution in [3.05, 3.63) is 35.9 Å². The summed E-state index contributed by atoms with van der Waals surface area (Å²) < 4.78 is 0. The van der Waals surface area contributed by atoms with Crippen LogP contribution >= 0.6 is 0 Å². The molecule has 1 aromatic carbocycles. The highest BCUT2D eigenvalue weighted by Crippen LogP contribution is 2.40. The fraction of sp³-hybridized carbons (Fsp3) is 0.545. The number of hydrogen-bond acceptors (Lipinski definition) is 3. The van der Waals surface area contributed by atoms with Crippen LogP contribution in [-0.2, 0) is 4.79 Å². The van der Waals surface area contributed by atoms with Crippen molar-refractivity contribution in [3.8, 4) is 0 Å². The van der Waals surface area contributed by atoms with Gasteiger partial charge in [-0.15, -0.1) is 0 Å². The monoisotopic (exact) mass is 357 g/mol. The molecule has 0 radical (unpaired) electrons. The average molecular weight is 358 g/mol. The van der Waals surface area contributed by atoms with Gasteiger partial charge in [-0.3, -0.25) is 4.79 Å². The van der Waals surface area contributed by atoms with Gasteiger partial charge in [0.05, 0.1) is 0 Å². The van der Waals surface area contributed by atoms with Crippen LogP contribution in [0, 0.1) is 12.3 Å². The maximum atomic E-state index is 11.8. The lowest BCUT2D eigenvalue weighted by Crippen LogP contribution is -2.45. The van der Waals surface area contributed by atoms with Crippen molar-refractivity contribution in [3.63, 3.8) is 0 Å². The number of rotatable bonds is 6. The van der Waals surface area contributed by atoms with E-state index in [-0.39, 0.29) is 11.3 Å². The summed E-state index contributed by atoms with van der Waals surface area (Å²) in [5.41, 5.74) is 7.14. The number of benzene rings is 1. The Hall–Kier alpha value is -2.10. The van der Waals surface area contributed by atoms with Gasteiger partial charge in [0, 0.05) is 12.1 Å². The third kappa shape index (κ3) is 4.54. The maximum absolute atomic E-state index is 11.8. The molecule has 0 saturated heterocycles. The first-order chi connectivity index (χ1) is 12.4. The largest absolute Gasteiger partial charge is 0.319 e. The summed E-state index contributed by atoms with van der Waals surface area (Å²) in [7, 11) is 0. The molecule has 0 saturated carbocycles. The molecule has 1 heterocycles. The van der Waals surface area contributed by atoms with E-state index in [1.165, 1.54) is 0 Å². The van der Waals surface area contributed by atoms with E-state index in [1.54, 1.807) is 0 Å². The van der Waals surface area contributed by atoms with Crippen LogP contribution < -0.4 is 10.3 Å². The summed E-state index contributed by atoms with van der Waals surface area (Å²) in [6.45, 7) is 19.5. The van der Waals surface area contributed by atoms with Crippen molar-refractivity contribution < 1.29 is 4.79 Å². The molecule has 4 nitrogen and oxygen atoms in total. The minimum absolute atomic E-state index is 0.0808. The fourth-order valence-electron chi connectivity index (χ4n) is 3.06. The Balaban J connectivity index is 0.00000163. The van der Waals surface area contributed by atoms with Gasteiger partial charge < -0.3 is 4.90 Å². The number of carbonyl (C=O) groups excluding carboxylic acids is 1. The quantitative estimate of drug-likeness (QED) is 0.728. The Bertz CT molecular complexity index is 672. The molecule has 4 heteroatoms. The molecular formula is C22H35N3O. The third-order valence-corrected chi connectivity index (χ3v) is 5.38. The zero-order valence-corrected chi connectivity index (χ0v) is 17.6. The smallest absolute Gasteiger partial charge is 0.260 e. The van der Waals surface area contributed by atoms with Crippen LogP contribution in [-0.4, -0.2) is 18.3 Å². The van der Waals surface area contributed by atoms with Crippen molar-refractivity contribution in [2.24, 2.45) is 10.5 Å². The van der Waals surface area contributed by atoms with Gasteiger partial charge in [-0.25, -0.2) is 5.43 Å². The third-order valence-electron chi connectivity index (χ3n) is 5.38. The van der Waals surface area contributed by atoms with E-state index < -0.39 is 0 Å². The summed E-state index contributed by atoms with van der Waals surface area (Å²) in [5.74, 6) is 0.803. The van der Waals surface area contributed by atoms with Gasteiger partial charge in [-0.2, -0.15) is 5.10 Å². The van der Waals surface area contributed by atoms with Gasteiger partial charge in [0.2, 0.25) is 0 Å². The molecule has 0 aliphatic carbocycles. The predicted molar refractivity (Wildman–Crippen MR) is 113 cm³/mol. The molecule has 1 aromatic rings. The number of aryl methyl sites for hydroxylation is 1. The molecule has 0 aromatic heterocycles. The number of anilines is 1. The second-order valence-electron chi connectivity index (χ2n) is 6.75. The van der Waals surface area contributed by atoms with Crippen LogP contribution in [0.25, 0.3) is 5.57 Å². The Morgan fingerprint density at radius 3 is 2.42 bits per heavy atom. The molecule has 1 N–H and O–H groups in total. The van der Waals surface area contributed by atoms with Crippen LogP contribution in [0.1, 0.15) is 71.9 Å². The standard InChI is InChI=1S/C20H29N3O.C2H6/c1-7-18-21-22-19(24)13-23(18)17-12-16(11-10-14(17)4)15(5)20(6,8-2)9-3;1-2/h10-12H,5,7-9,13H2,1-4,6H3,(H,22,24);1-2H3. The maximum Gasteiger partial charge on any atom is 0.260 e. The highest BCUT2D eigenvalue weighted by atomic mass is 16.2. The van der Waals surface area contributed by atoms with E-state index in [0.29, 0.717) is 6.54 Å². The zero-order chi connectivity index (χ0) is 19.9. The normalized spacial score (nSPS) is 14.2. The van der Waals surface area contributed by atoms with Crippen LogP contribution in [0.5, 0.6) is 0 Å². The molecule has 0 spiro atoms. The van der Waals surface area contributed by atoms with E-state index >= 15 is 0 Å². The van der Waals surface area contributed by atoms with Crippen molar-refractivity contribution >= 4 is 23.0 Å². The Morgan fingerprint density at radius 1 is 1.27 bits per heavy atom. The van der Waals surface area contributed by atoms with Gasteiger partial charge in [-0.1, -0.05) is 60.3 Å². The Kier molecular flexibility index (Phi) is 8.07. The summed E-state index contributed by atoms with van der Waals surface area (Å²) in [5, 5.41) is 4.20. The first-order valence-electron chi connectivity index (χ1n) is 9.79. The van der Waals surface area contributed by atoms with Crippen LogP contribution in [0.4, 0.5) is 5.69 Å². The summed E-state index contributed by atoms with van der Waals surface area (Å²) in [6, 6.07) is 6.41. The summed E-state index contributed by atoms with van der Waals surface area (Å²) >= 11 is 0. The lowest BCUT2D eigenvalue weighted by atomic mass is 9.75. The minimum Gasteiger partial charge on any atom is -0.319 e. The molecule has 0 bridgehead atoms. The highest BCUT2D eigenvalue weighted by Gasteiger charge is 2.27. The molecule has 0 atom stereocenters. The number of nitrogens with zero attached hydrogens (tertiary/aromatic N) is 2. The van der Waals surface area contributed by atoms with E-state index in [0.717, 1.165) is 47.5 Å². The number of carbonyl (C=O) groups is 1. The van der Waals surface area contributed by atoms with Crippen molar-refractivity contribution in [2.75, 3.05) is 11.4 Å². The molecule has 0 unspecified atom stereocenters. The zero-order valence-electron chi connectivity index (χ0n) is 17.6. The van der Waals surface area contributed by atoms with Gasteiger partial charge in [0.15, 0.2) is 0 Å². The number of nitrogens with one attached hydrogen (secondary N) is 1. The summed E-state index contributed by atoms with van der Waals surface area (Å²) in [4.78, 5) is 13.8. The minimum atomic E-state index is -0.0808. The molecule has 0 fully saturated rings. The lowest BCUT2D eigenvalue weighted by Gasteiger charge is -2.32. The molecule has 1 amide bonds. The first-order valence-corrected chi connectivity index (χ1v) is 9.79. The van der Waals surface area contributed by atoms with Gasteiger partial charge >= 0.3 is 0 Å². The Morgan fingerprint density at radius 2 is 1.88 bits per heavy atom. The first kappa shape index (κ1) is 21.9. The number of allylic oxidation sites excluding steroid dienone is 1. The summed E-state index contributed by atoms with van der Waals surface area (Å²) in [6.07, 6.45) is 2.88. The van der Waals surface area contributed by atoms with Crippen molar-refractivity contribution in [2.45, 2.75) is 67.7 Å². The SMILES string of the molecule is C=C(c1ccc(C)c(N2CC(=O)NN=C2CC)c1)C(C)(CC)CC.CC. The van der Waals surface area contributed by atoms with E-state index in [1.807, 2.05) is 25.7 Å². The van der Waals surface area contributed by atoms with E-state index in [2.05, 4.69) is 63.0 Å². The number of hydrazone groups is 1. The molecule has 1 aliphatic rings. The lowest BCUT2D eigenvalue weighted by molar-refractivity contribution is -0.119. The van der Waals surface area contributed by atoms with Crippen LogP contribution in [0.3, 0.4) is 0 Å². The fourth-order valence-corrected chi connectivity index (χ4v) is 3.06. The van der Waals surface area contributed by atoms with Crippen LogP contribution in [0.15, 0.2) is 29.9 Å². The average Bonchev–Trinajstić information content (AvgIpc) is 2.68.